The number of carbonyl (C=O) groups excluding carboxylic acids is 1. The highest BCUT2D eigenvalue weighted by Crippen LogP contribution is 2.31. The standard InChI is InChI=1S/C10H9F3INO4/c1-17-6-3-5(4-7(16)18-2)8(14)9(15-6)19-10(11,12)13/h3H,4H2,1-2H3. The second kappa shape index (κ2) is 6.26. The SMILES string of the molecule is COC(=O)Cc1cc(OC)nc(OC(F)(F)F)c1I. The molecule has 0 fully saturated rings. The normalized spacial score (nSPS) is 11.1. The molecule has 0 bridgehead atoms. The van der Waals surface area contributed by atoms with Crippen molar-refractivity contribution in [3.05, 3.63) is 15.2 Å². The minimum absolute atomic E-state index is 0.0705. The van der Waals surface area contributed by atoms with E-state index < -0.39 is 18.2 Å². The van der Waals surface area contributed by atoms with Gasteiger partial charge in [-0.2, -0.15) is 4.98 Å². The number of carbonyl (C=O) groups is 1. The highest BCUT2D eigenvalue weighted by molar-refractivity contribution is 14.1. The van der Waals surface area contributed by atoms with E-state index in [9.17, 15) is 18.0 Å². The summed E-state index contributed by atoms with van der Waals surface area (Å²) >= 11 is 1.61. The third-order valence-corrected chi connectivity index (χ3v) is 3.12. The highest BCUT2D eigenvalue weighted by Gasteiger charge is 2.33. The minimum atomic E-state index is -4.87. The van der Waals surface area contributed by atoms with Crippen LogP contribution in [0.3, 0.4) is 0 Å². The molecule has 0 aliphatic carbocycles. The number of methoxy groups -OCH3 is 2. The van der Waals surface area contributed by atoms with Crippen molar-refractivity contribution in [1.29, 1.82) is 0 Å². The molecule has 1 rings (SSSR count). The van der Waals surface area contributed by atoms with Crippen molar-refractivity contribution in [2.75, 3.05) is 14.2 Å². The van der Waals surface area contributed by atoms with Crippen molar-refractivity contribution in [3.8, 4) is 11.8 Å². The lowest BCUT2D eigenvalue weighted by Gasteiger charge is -2.13. The summed E-state index contributed by atoms with van der Waals surface area (Å²) in [7, 11) is 2.43. The van der Waals surface area contributed by atoms with Gasteiger partial charge in [-0.15, -0.1) is 13.2 Å². The molecule has 0 aliphatic rings. The number of hydrogen-bond acceptors (Lipinski definition) is 5. The summed E-state index contributed by atoms with van der Waals surface area (Å²) in [6, 6.07) is 1.35. The number of ether oxygens (including phenoxy) is 3. The molecule has 0 unspecified atom stereocenters. The fourth-order valence-corrected chi connectivity index (χ4v) is 1.75. The Morgan fingerprint density at radius 2 is 2.05 bits per heavy atom. The van der Waals surface area contributed by atoms with Gasteiger partial charge >= 0.3 is 12.3 Å². The molecule has 9 heteroatoms. The minimum Gasteiger partial charge on any atom is -0.481 e. The number of pyridine rings is 1. The number of aromatic nitrogens is 1. The maximum absolute atomic E-state index is 12.2. The van der Waals surface area contributed by atoms with E-state index >= 15 is 0 Å². The fraction of sp³-hybridized carbons (Fsp3) is 0.400. The monoisotopic (exact) mass is 391 g/mol. The lowest BCUT2D eigenvalue weighted by atomic mass is 10.2. The Labute approximate surface area is 120 Å². The molecule has 5 nitrogen and oxygen atoms in total. The maximum Gasteiger partial charge on any atom is 0.574 e. The molecule has 0 N–H and O–H groups in total. The molecule has 1 heterocycles. The van der Waals surface area contributed by atoms with Crippen LogP contribution in [-0.2, 0) is 16.0 Å². The molecule has 0 atom stereocenters. The molecule has 0 spiro atoms. The van der Waals surface area contributed by atoms with Crippen LogP contribution in [0.15, 0.2) is 6.07 Å². The molecule has 19 heavy (non-hydrogen) atoms. The van der Waals surface area contributed by atoms with Crippen molar-refractivity contribution in [2.24, 2.45) is 0 Å². The topological polar surface area (TPSA) is 57.7 Å². The molecular formula is C10H9F3INO4. The predicted octanol–water partition coefficient (Wildman–Crippen LogP) is 2.31. The Morgan fingerprint density at radius 3 is 2.53 bits per heavy atom. The summed E-state index contributed by atoms with van der Waals surface area (Å²) in [6.45, 7) is 0. The zero-order chi connectivity index (χ0) is 14.6. The largest absolute Gasteiger partial charge is 0.574 e. The van der Waals surface area contributed by atoms with E-state index in [1.165, 1.54) is 20.3 Å². The number of nitrogens with zero attached hydrogens (tertiary/aromatic N) is 1. The second-order valence-electron chi connectivity index (χ2n) is 3.24. The van der Waals surface area contributed by atoms with Gasteiger partial charge in [-0.25, -0.2) is 0 Å². The van der Waals surface area contributed by atoms with Gasteiger partial charge in [0.2, 0.25) is 11.8 Å². The van der Waals surface area contributed by atoms with Crippen molar-refractivity contribution in [3.63, 3.8) is 0 Å². The van der Waals surface area contributed by atoms with E-state index in [4.69, 9.17) is 4.74 Å². The zero-order valence-electron chi connectivity index (χ0n) is 9.88. The van der Waals surface area contributed by atoms with E-state index in [1.807, 2.05) is 0 Å². The van der Waals surface area contributed by atoms with Crippen LogP contribution in [0.25, 0.3) is 0 Å². The molecule has 0 amide bonds. The van der Waals surface area contributed by atoms with Gasteiger partial charge in [0.15, 0.2) is 0 Å². The van der Waals surface area contributed by atoms with Crippen LogP contribution >= 0.6 is 22.6 Å². The number of hydrogen-bond donors (Lipinski definition) is 0. The highest BCUT2D eigenvalue weighted by atomic mass is 127. The molecule has 0 saturated heterocycles. The van der Waals surface area contributed by atoms with E-state index in [-0.39, 0.29) is 21.4 Å². The number of esters is 1. The van der Waals surface area contributed by atoms with Crippen LogP contribution in [0.2, 0.25) is 0 Å². The molecule has 0 aliphatic heterocycles. The molecule has 106 valence electrons. The lowest BCUT2D eigenvalue weighted by molar-refractivity contribution is -0.276. The smallest absolute Gasteiger partial charge is 0.481 e. The Bertz CT molecular complexity index is 479. The maximum atomic E-state index is 12.2. The quantitative estimate of drug-likeness (QED) is 0.583. The number of halogens is 4. The molecular weight excluding hydrogens is 382 g/mol. The van der Waals surface area contributed by atoms with Gasteiger partial charge in [-0.05, 0) is 28.2 Å². The Hall–Kier alpha value is -1.26. The first kappa shape index (κ1) is 15.8. The third-order valence-electron chi connectivity index (χ3n) is 1.96. The van der Waals surface area contributed by atoms with Crippen molar-refractivity contribution in [1.82, 2.24) is 4.98 Å². The molecule has 1 aromatic rings. The average molecular weight is 391 g/mol. The first-order chi connectivity index (χ1) is 8.76. The van der Waals surface area contributed by atoms with Gasteiger partial charge in [0, 0.05) is 6.07 Å². The van der Waals surface area contributed by atoms with Gasteiger partial charge in [-0.3, -0.25) is 4.79 Å². The predicted molar refractivity (Wildman–Crippen MR) is 65.9 cm³/mol. The van der Waals surface area contributed by atoms with Gasteiger partial charge in [0.05, 0.1) is 24.2 Å². The lowest BCUT2D eigenvalue weighted by Crippen LogP contribution is -2.19. The van der Waals surface area contributed by atoms with Crippen LogP contribution in [0.4, 0.5) is 13.2 Å². The molecule has 0 aromatic carbocycles. The van der Waals surface area contributed by atoms with Crippen molar-refractivity contribution in [2.45, 2.75) is 12.8 Å². The van der Waals surface area contributed by atoms with Crippen LogP contribution in [0.1, 0.15) is 5.56 Å². The summed E-state index contributed by atoms with van der Waals surface area (Å²) in [4.78, 5) is 14.7. The summed E-state index contributed by atoms with van der Waals surface area (Å²) in [6.07, 6.45) is -5.08. The average Bonchev–Trinajstić information content (AvgIpc) is 2.32. The fourth-order valence-electron chi connectivity index (χ4n) is 1.17. The van der Waals surface area contributed by atoms with E-state index in [2.05, 4.69) is 14.5 Å². The van der Waals surface area contributed by atoms with Crippen LogP contribution in [-0.4, -0.2) is 31.5 Å². The summed E-state index contributed by atoms with van der Waals surface area (Å²) in [5, 5.41) is 0. The summed E-state index contributed by atoms with van der Waals surface area (Å²) in [5.74, 6) is -1.34. The Balaban J connectivity index is 3.17. The molecule has 0 radical (unpaired) electrons. The van der Waals surface area contributed by atoms with E-state index in [0.29, 0.717) is 0 Å². The van der Waals surface area contributed by atoms with Crippen molar-refractivity contribution >= 4 is 28.6 Å². The summed E-state index contributed by atoms with van der Waals surface area (Å²) in [5.41, 5.74) is 0.276. The third kappa shape index (κ3) is 4.73. The van der Waals surface area contributed by atoms with Crippen LogP contribution in [0.5, 0.6) is 11.8 Å². The van der Waals surface area contributed by atoms with Gasteiger partial charge in [0.1, 0.15) is 0 Å². The first-order valence-electron chi connectivity index (χ1n) is 4.82. The first-order valence-corrected chi connectivity index (χ1v) is 5.90. The van der Waals surface area contributed by atoms with Crippen LogP contribution < -0.4 is 9.47 Å². The van der Waals surface area contributed by atoms with Crippen molar-refractivity contribution < 1.29 is 32.2 Å². The summed E-state index contributed by atoms with van der Waals surface area (Å²) < 4.78 is 49.7. The Kier molecular flexibility index (Phi) is 5.20. The van der Waals surface area contributed by atoms with Crippen LogP contribution in [0, 0.1) is 3.57 Å². The second-order valence-corrected chi connectivity index (χ2v) is 4.32. The van der Waals surface area contributed by atoms with E-state index in [0.717, 1.165) is 0 Å². The zero-order valence-corrected chi connectivity index (χ0v) is 12.0. The molecule has 0 saturated carbocycles. The number of rotatable bonds is 4. The number of alkyl halides is 3. The van der Waals surface area contributed by atoms with E-state index in [1.54, 1.807) is 22.6 Å². The van der Waals surface area contributed by atoms with Gasteiger partial charge < -0.3 is 14.2 Å². The molecule has 1 aromatic heterocycles. The van der Waals surface area contributed by atoms with Gasteiger partial charge in [-0.1, -0.05) is 0 Å². The Morgan fingerprint density at radius 1 is 1.42 bits per heavy atom. The van der Waals surface area contributed by atoms with Gasteiger partial charge in [0.25, 0.3) is 0 Å².